The molecule has 0 saturated heterocycles. The second kappa shape index (κ2) is 10.2. The summed E-state index contributed by atoms with van der Waals surface area (Å²) in [5.74, 6) is 2.20. The van der Waals surface area contributed by atoms with Gasteiger partial charge in [-0.25, -0.2) is 0 Å². The monoisotopic (exact) mass is 504 g/mol. The van der Waals surface area contributed by atoms with E-state index in [0.717, 1.165) is 38.0 Å². The summed E-state index contributed by atoms with van der Waals surface area (Å²) in [6.07, 6.45) is 12.5. The van der Waals surface area contributed by atoms with Crippen molar-refractivity contribution in [3.05, 3.63) is 47.2 Å². The number of carbonyl (C=O) groups excluding carboxylic acids is 1. The number of nitrogens with zero attached hydrogens (tertiary/aromatic N) is 1. The van der Waals surface area contributed by atoms with Crippen molar-refractivity contribution in [3.63, 3.8) is 0 Å². The van der Waals surface area contributed by atoms with Crippen LogP contribution >= 0.6 is 0 Å². The zero-order valence-electron chi connectivity index (χ0n) is 23.8. The quantitative estimate of drug-likeness (QED) is 0.401. The van der Waals surface area contributed by atoms with Crippen molar-refractivity contribution in [2.24, 2.45) is 35.6 Å². The molecule has 0 aliphatic heterocycles. The number of fused-ring (bicyclic) bond motifs is 4. The van der Waals surface area contributed by atoms with Gasteiger partial charge in [0.1, 0.15) is 0 Å². The third-order valence-electron chi connectivity index (χ3n) is 11.0. The van der Waals surface area contributed by atoms with E-state index in [2.05, 4.69) is 75.1 Å². The molecule has 0 unspecified atom stereocenters. The zero-order valence-corrected chi connectivity index (χ0v) is 23.8. The average molecular weight is 505 g/mol. The average Bonchev–Trinajstić information content (AvgIpc) is 3.23. The maximum absolute atomic E-state index is 12.6. The van der Waals surface area contributed by atoms with Crippen molar-refractivity contribution >= 4 is 16.8 Å². The third-order valence-corrected chi connectivity index (χ3v) is 11.0. The van der Waals surface area contributed by atoms with Crippen LogP contribution < -0.4 is 5.32 Å². The Morgan fingerprint density at radius 2 is 1.92 bits per heavy atom. The highest BCUT2D eigenvalue weighted by atomic mass is 16.3. The number of amides is 1. The summed E-state index contributed by atoms with van der Waals surface area (Å²) in [6, 6.07) is 8.73. The number of aliphatic hydroxyl groups excluding tert-OH is 1. The van der Waals surface area contributed by atoms with Gasteiger partial charge in [-0.05, 0) is 122 Å². The van der Waals surface area contributed by atoms with E-state index in [4.69, 9.17) is 0 Å². The largest absolute Gasteiger partial charge is 0.393 e. The number of hydrogen-bond donors (Lipinski definition) is 2. The Morgan fingerprint density at radius 3 is 2.73 bits per heavy atom. The number of nitrogens with one attached hydrogen (secondary N) is 1. The highest BCUT2D eigenvalue weighted by Gasteiger charge is 2.58. The molecular weight excluding hydrogens is 456 g/mol. The SMILES string of the molecule is CC1=C(CCCC(=O)NCCc2ccc3c(ccn3C)c2)[C@@H]2CC[C@H]3C(C)(C)[C@@H](O)CC[C@]3(C)[C@H]2CC1. The minimum atomic E-state index is -0.165. The molecule has 2 aromatic rings. The highest BCUT2D eigenvalue weighted by Crippen LogP contribution is 2.64. The molecule has 0 bridgehead atoms. The Kier molecular flexibility index (Phi) is 7.35. The van der Waals surface area contributed by atoms with Gasteiger partial charge in [-0.2, -0.15) is 0 Å². The number of rotatable bonds is 7. The first-order valence-corrected chi connectivity index (χ1v) is 14.8. The summed E-state index contributed by atoms with van der Waals surface area (Å²) in [5, 5.41) is 15.2. The van der Waals surface area contributed by atoms with Gasteiger partial charge in [0.2, 0.25) is 5.91 Å². The molecule has 1 amide bonds. The first-order valence-electron chi connectivity index (χ1n) is 14.8. The molecule has 2 saturated carbocycles. The van der Waals surface area contributed by atoms with Gasteiger partial charge in [-0.3, -0.25) is 4.79 Å². The molecule has 4 nitrogen and oxygen atoms in total. The van der Waals surface area contributed by atoms with Crippen molar-refractivity contribution < 1.29 is 9.90 Å². The van der Waals surface area contributed by atoms with Gasteiger partial charge in [0, 0.05) is 31.7 Å². The van der Waals surface area contributed by atoms with E-state index in [1.165, 1.54) is 42.1 Å². The van der Waals surface area contributed by atoms with Crippen LogP contribution in [0.3, 0.4) is 0 Å². The lowest BCUT2D eigenvalue weighted by Gasteiger charge is -2.62. The van der Waals surface area contributed by atoms with E-state index in [-0.39, 0.29) is 17.4 Å². The summed E-state index contributed by atoms with van der Waals surface area (Å²) in [4.78, 5) is 12.6. The topological polar surface area (TPSA) is 54.3 Å². The second-order valence-electron chi connectivity index (χ2n) is 13.3. The van der Waals surface area contributed by atoms with E-state index in [9.17, 15) is 9.90 Å². The molecule has 1 aromatic heterocycles. The Hall–Kier alpha value is -2.07. The molecule has 5 rings (SSSR count). The van der Waals surface area contributed by atoms with Gasteiger partial charge < -0.3 is 15.0 Å². The second-order valence-corrected chi connectivity index (χ2v) is 13.3. The summed E-state index contributed by atoms with van der Waals surface area (Å²) < 4.78 is 2.14. The van der Waals surface area contributed by atoms with E-state index in [1.807, 2.05) is 0 Å². The first kappa shape index (κ1) is 26.5. The number of allylic oxidation sites excluding steroid dienone is 2. The van der Waals surface area contributed by atoms with E-state index in [0.29, 0.717) is 30.2 Å². The Bertz CT molecular complexity index is 1170. The Morgan fingerprint density at radius 1 is 1.11 bits per heavy atom. The van der Waals surface area contributed by atoms with Crippen molar-refractivity contribution in [3.8, 4) is 0 Å². The standard InChI is InChI=1S/C33H48N2O2/c1-22-9-12-27-26(11-14-29-32(2,3)30(36)15-18-33(27,29)4)25(22)7-6-8-31(37)34-19-16-23-10-13-28-24(21-23)17-20-35(28)5/h10,13,17,20-21,26-27,29-30,36H,6-9,11-12,14-16,18-19H2,1-5H3,(H,34,37)/t26-,27-,29-,30-,33+/m0/s1. The molecule has 3 aliphatic carbocycles. The lowest BCUT2D eigenvalue weighted by molar-refractivity contribution is -0.149. The number of carbonyl (C=O) groups is 1. The van der Waals surface area contributed by atoms with E-state index < -0.39 is 0 Å². The highest BCUT2D eigenvalue weighted by molar-refractivity contribution is 5.80. The van der Waals surface area contributed by atoms with Crippen LogP contribution in [0.2, 0.25) is 0 Å². The van der Waals surface area contributed by atoms with Crippen LogP contribution in [0.5, 0.6) is 0 Å². The molecule has 37 heavy (non-hydrogen) atoms. The number of aliphatic hydroxyl groups is 1. The fraction of sp³-hybridized carbons (Fsp3) is 0.667. The molecule has 1 heterocycles. The molecule has 0 radical (unpaired) electrons. The van der Waals surface area contributed by atoms with Gasteiger partial charge >= 0.3 is 0 Å². The molecule has 2 N–H and O–H groups in total. The van der Waals surface area contributed by atoms with Crippen LogP contribution in [0.4, 0.5) is 0 Å². The smallest absolute Gasteiger partial charge is 0.220 e. The third kappa shape index (κ3) is 4.91. The number of benzene rings is 1. The van der Waals surface area contributed by atoms with Crippen LogP contribution in [0.15, 0.2) is 41.6 Å². The molecule has 202 valence electrons. The van der Waals surface area contributed by atoms with E-state index >= 15 is 0 Å². The van der Waals surface area contributed by atoms with Gasteiger partial charge in [0.05, 0.1) is 6.10 Å². The number of aromatic nitrogens is 1. The summed E-state index contributed by atoms with van der Waals surface area (Å²) in [7, 11) is 2.07. The molecule has 1 aromatic carbocycles. The molecule has 4 heteroatoms. The van der Waals surface area contributed by atoms with E-state index in [1.54, 1.807) is 11.1 Å². The van der Waals surface area contributed by atoms with Crippen LogP contribution in [-0.2, 0) is 18.3 Å². The minimum absolute atomic E-state index is 0.0132. The predicted octanol–water partition coefficient (Wildman–Crippen LogP) is 6.95. The Labute approximate surface area is 223 Å². The van der Waals surface area contributed by atoms with Crippen LogP contribution in [0.25, 0.3) is 10.9 Å². The molecule has 5 atom stereocenters. The Balaban J connectivity index is 1.13. The van der Waals surface area contributed by atoms with Crippen molar-refractivity contribution in [1.29, 1.82) is 0 Å². The van der Waals surface area contributed by atoms with Gasteiger partial charge in [0.15, 0.2) is 0 Å². The summed E-state index contributed by atoms with van der Waals surface area (Å²) in [5.41, 5.74) is 6.13. The molecule has 3 aliphatic rings. The van der Waals surface area contributed by atoms with Gasteiger partial charge in [-0.1, -0.05) is 38.0 Å². The first-order chi connectivity index (χ1) is 17.6. The molecule has 2 fully saturated rings. The fourth-order valence-corrected chi connectivity index (χ4v) is 8.79. The van der Waals surface area contributed by atoms with Crippen molar-refractivity contribution in [1.82, 2.24) is 9.88 Å². The zero-order chi connectivity index (χ0) is 26.4. The minimum Gasteiger partial charge on any atom is -0.393 e. The lowest BCUT2D eigenvalue weighted by atomic mass is 9.43. The van der Waals surface area contributed by atoms with Crippen molar-refractivity contribution in [2.45, 2.75) is 98.0 Å². The van der Waals surface area contributed by atoms with Gasteiger partial charge in [0.25, 0.3) is 0 Å². The van der Waals surface area contributed by atoms with Crippen molar-refractivity contribution in [2.75, 3.05) is 6.54 Å². The normalized spacial score (nSPS) is 31.2. The maximum Gasteiger partial charge on any atom is 0.220 e. The summed E-state index contributed by atoms with van der Waals surface area (Å²) in [6.45, 7) is 10.2. The summed E-state index contributed by atoms with van der Waals surface area (Å²) >= 11 is 0. The number of aryl methyl sites for hydroxylation is 1. The maximum atomic E-state index is 12.6. The number of hydrogen-bond acceptors (Lipinski definition) is 2. The fourth-order valence-electron chi connectivity index (χ4n) is 8.79. The lowest BCUT2D eigenvalue weighted by Crippen LogP contribution is -2.56. The van der Waals surface area contributed by atoms with Crippen LogP contribution in [0.1, 0.15) is 91.0 Å². The van der Waals surface area contributed by atoms with Gasteiger partial charge in [-0.15, -0.1) is 0 Å². The van der Waals surface area contributed by atoms with Crippen LogP contribution in [-0.4, -0.2) is 28.2 Å². The molecule has 0 spiro atoms. The predicted molar refractivity (Wildman–Crippen MR) is 152 cm³/mol. The van der Waals surface area contributed by atoms with Crippen LogP contribution in [0, 0.1) is 28.6 Å². The molecular formula is C33H48N2O2.